The second-order valence-electron chi connectivity index (χ2n) is 21.0. The average Bonchev–Trinajstić information content (AvgIpc) is 4.09. The first-order valence-electron chi connectivity index (χ1n) is 23.2. The van der Waals surface area contributed by atoms with Gasteiger partial charge in [-0.25, -0.2) is 0 Å². The van der Waals surface area contributed by atoms with Crippen molar-refractivity contribution in [1.82, 2.24) is 4.73 Å². The molecule has 18 unspecified atom stereocenters. The standard InChI is InChI=1S/C47H67NO13/c1-8-10-12-58-42(52)21(4)31(44(54)59-13-11-9-2)34-26-15-22(14-24(26)19-49)33(34)38-39(46(56)60-45(38)55)35-27-16-23(17-28(27)43(53)61-47(5,6)7)32(35)30-20(3)25-18-29(30)37-36(25)40(50)48(57)41(37)51/h20-35,38-39,49-51,57H,8-19H2,1-7H3. The van der Waals surface area contributed by atoms with E-state index >= 15 is 0 Å². The highest BCUT2D eigenvalue weighted by Crippen LogP contribution is 2.73. The van der Waals surface area contributed by atoms with Crippen LogP contribution in [0, 0.1) is 94.7 Å². The molecule has 1 aromatic heterocycles. The zero-order chi connectivity index (χ0) is 44.0. The first kappa shape index (κ1) is 43.8. The Kier molecular flexibility index (Phi) is 11.8. The van der Waals surface area contributed by atoms with E-state index in [9.17, 15) is 44.5 Å². The topological polar surface area (TPSA) is 208 Å². The summed E-state index contributed by atoms with van der Waals surface area (Å²) in [5.74, 6) is -11.1. The Morgan fingerprint density at radius 3 is 1.97 bits per heavy atom. The van der Waals surface area contributed by atoms with Crippen LogP contribution >= 0.6 is 0 Å². The number of esters is 5. The fraction of sp³-hybridized carbons (Fsp3) is 0.809. The van der Waals surface area contributed by atoms with E-state index in [-0.39, 0.29) is 96.7 Å². The summed E-state index contributed by atoms with van der Waals surface area (Å²) in [7, 11) is 0. The molecule has 1 aromatic rings. The van der Waals surface area contributed by atoms with E-state index in [1.165, 1.54) is 0 Å². The van der Waals surface area contributed by atoms with E-state index in [1.807, 2.05) is 34.6 Å². The maximum absolute atomic E-state index is 14.6. The van der Waals surface area contributed by atoms with Gasteiger partial charge in [0.2, 0.25) is 11.8 Å². The highest BCUT2D eigenvalue weighted by Gasteiger charge is 2.71. The van der Waals surface area contributed by atoms with Crippen LogP contribution in [-0.4, -0.2) is 80.5 Å². The van der Waals surface area contributed by atoms with E-state index in [1.54, 1.807) is 6.92 Å². The van der Waals surface area contributed by atoms with Gasteiger partial charge in [0.1, 0.15) is 5.60 Å². The third-order valence-electron chi connectivity index (χ3n) is 17.0. The number of aliphatic hydroxyl groups is 1. The molecule has 4 N–H and O–H groups in total. The van der Waals surface area contributed by atoms with E-state index in [0.29, 0.717) is 60.8 Å². The molecule has 7 aliphatic rings. The largest absolute Gasteiger partial charge is 0.492 e. The van der Waals surface area contributed by atoms with Gasteiger partial charge >= 0.3 is 29.8 Å². The molecule has 14 nitrogen and oxygen atoms in total. The zero-order valence-electron chi connectivity index (χ0n) is 36.8. The van der Waals surface area contributed by atoms with Crippen molar-refractivity contribution in [3.05, 3.63) is 11.1 Å². The maximum Gasteiger partial charge on any atom is 0.317 e. The number of hydrogen-bond donors (Lipinski definition) is 4. The monoisotopic (exact) mass is 853 g/mol. The van der Waals surface area contributed by atoms with Crippen LogP contribution in [0.5, 0.6) is 11.8 Å². The molecule has 6 aliphatic carbocycles. The number of carbonyl (C=O) groups is 5. The Labute approximate surface area is 358 Å². The first-order chi connectivity index (χ1) is 28.9. The molecule has 2 heterocycles. The highest BCUT2D eigenvalue weighted by molar-refractivity contribution is 5.97. The molecule has 6 bridgehead atoms. The van der Waals surface area contributed by atoms with E-state index in [4.69, 9.17) is 18.9 Å². The number of carbonyl (C=O) groups excluding carboxylic acids is 5. The molecule has 14 heteroatoms. The Morgan fingerprint density at radius 1 is 0.787 bits per heavy atom. The Bertz CT molecular complexity index is 1900. The van der Waals surface area contributed by atoms with E-state index in [0.717, 1.165) is 12.8 Å². The summed E-state index contributed by atoms with van der Waals surface area (Å²) in [6, 6.07) is 0. The van der Waals surface area contributed by atoms with Gasteiger partial charge in [-0.1, -0.05) is 40.5 Å². The minimum Gasteiger partial charge on any atom is -0.492 e. The summed E-state index contributed by atoms with van der Waals surface area (Å²) in [4.78, 5) is 71.6. The van der Waals surface area contributed by atoms with Gasteiger partial charge in [-0.3, -0.25) is 24.0 Å². The third kappa shape index (κ3) is 7.03. The minimum absolute atomic E-state index is 0.0207. The summed E-state index contributed by atoms with van der Waals surface area (Å²) < 4.78 is 23.8. The third-order valence-corrected chi connectivity index (χ3v) is 17.0. The molecule has 0 radical (unpaired) electrons. The molecule has 0 aromatic carbocycles. The van der Waals surface area contributed by atoms with Crippen LogP contribution in [0.25, 0.3) is 0 Å². The maximum atomic E-state index is 14.6. The van der Waals surface area contributed by atoms with Gasteiger partial charge in [0.15, 0.2) is 0 Å². The van der Waals surface area contributed by atoms with Crippen molar-refractivity contribution in [3.63, 3.8) is 0 Å². The smallest absolute Gasteiger partial charge is 0.317 e. The van der Waals surface area contributed by atoms with Crippen molar-refractivity contribution >= 4 is 29.8 Å². The van der Waals surface area contributed by atoms with Gasteiger partial charge in [-0.15, -0.1) is 4.73 Å². The van der Waals surface area contributed by atoms with Crippen molar-refractivity contribution in [3.8, 4) is 11.8 Å². The van der Waals surface area contributed by atoms with Gasteiger partial charge in [0.25, 0.3) is 0 Å². The van der Waals surface area contributed by atoms with Crippen LogP contribution in [0.1, 0.15) is 129 Å². The van der Waals surface area contributed by atoms with Crippen molar-refractivity contribution in [2.45, 2.75) is 124 Å². The summed E-state index contributed by atoms with van der Waals surface area (Å²) in [5, 5.41) is 43.3. The number of ether oxygens (including phenoxy) is 4. The summed E-state index contributed by atoms with van der Waals surface area (Å²) in [6.45, 7) is 13.5. The molecule has 0 spiro atoms. The zero-order valence-corrected chi connectivity index (χ0v) is 36.8. The van der Waals surface area contributed by atoms with Crippen LogP contribution in [-0.2, 0) is 42.9 Å². The van der Waals surface area contributed by atoms with Gasteiger partial charge in [0.05, 0.1) is 42.8 Å². The molecule has 8 rings (SSSR count). The van der Waals surface area contributed by atoms with Crippen molar-refractivity contribution in [2.24, 2.45) is 94.7 Å². The lowest BCUT2D eigenvalue weighted by atomic mass is 9.54. The summed E-state index contributed by atoms with van der Waals surface area (Å²) in [6.07, 6.45) is 5.93. The minimum atomic E-state index is -1.00. The molecule has 6 fully saturated rings. The molecule has 1 aliphatic heterocycles. The molecule has 18 atom stereocenters. The number of cyclic esters (lactones) is 2. The predicted octanol–water partition coefficient (Wildman–Crippen LogP) is 6.34. The lowest BCUT2D eigenvalue weighted by Crippen LogP contribution is -2.50. The first-order valence-corrected chi connectivity index (χ1v) is 23.2. The Balaban J connectivity index is 1.21. The number of aromatic nitrogens is 1. The normalized spacial score (nSPS) is 39.1. The number of unbranched alkanes of at least 4 members (excludes halogenated alkanes) is 2. The molecular weight excluding hydrogens is 787 g/mol. The van der Waals surface area contributed by atoms with Crippen LogP contribution in [0.15, 0.2) is 0 Å². The second kappa shape index (κ2) is 16.4. The van der Waals surface area contributed by atoms with Gasteiger partial charge in [0, 0.05) is 17.7 Å². The van der Waals surface area contributed by atoms with Crippen LogP contribution in [0.3, 0.4) is 0 Å². The highest BCUT2D eigenvalue weighted by atomic mass is 16.6. The lowest BCUT2D eigenvalue weighted by molar-refractivity contribution is -0.168. The Morgan fingerprint density at radius 2 is 1.36 bits per heavy atom. The molecule has 61 heavy (non-hydrogen) atoms. The van der Waals surface area contributed by atoms with E-state index in [2.05, 4.69) is 6.92 Å². The number of fused-ring (bicyclic) bond motifs is 9. The lowest BCUT2D eigenvalue weighted by Gasteiger charge is -2.47. The second-order valence-corrected chi connectivity index (χ2v) is 21.0. The van der Waals surface area contributed by atoms with E-state index < -0.39 is 76.8 Å². The van der Waals surface area contributed by atoms with Crippen molar-refractivity contribution < 1.29 is 63.4 Å². The quantitative estimate of drug-likeness (QED) is 0.0500. The molecule has 5 saturated carbocycles. The number of rotatable bonds is 15. The van der Waals surface area contributed by atoms with Gasteiger partial charge < -0.3 is 39.5 Å². The Hall–Kier alpha value is -3.81. The molecular formula is C47H67NO13. The van der Waals surface area contributed by atoms with Gasteiger partial charge in [-0.2, -0.15) is 0 Å². The number of nitrogens with zero attached hydrogens (tertiary/aromatic N) is 1. The van der Waals surface area contributed by atoms with Crippen LogP contribution in [0.2, 0.25) is 0 Å². The molecule has 338 valence electrons. The van der Waals surface area contributed by atoms with Crippen LogP contribution < -0.4 is 0 Å². The SMILES string of the molecule is CCCCOC(=O)C(C)C(C(=O)OCCCC)C1C2CC(CC2CO)C1C1C(=O)OC(=O)C1C1C2CC(CC2C(=O)OC(C)(C)C)C1C1C2CC(c3c2c(O)n(O)c3O)C1C. The molecule has 0 amide bonds. The number of hydrogen-bond acceptors (Lipinski definition) is 13. The fourth-order valence-electron chi connectivity index (χ4n) is 14.9. The predicted molar refractivity (Wildman–Crippen MR) is 216 cm³/mol. The molecule has 1 saturated heterocycles. The summed E-state index contributed by atoms with van der Waals surface area (Å²) in [5.41, 5.74) is 0.322. The number of aliphatic hydroxyl groups excluding tert-OH is 1. The van der Waals surface area contributed by atoms with Crippen molar-refractivity contribution in [2.75, 3.05) is 19.8 Å². The summed E-state index contributed by atoms with van der Waals surface area (Å²) >= 11 is 0. The van der Waals surface area contributed by atoms with Gasteiger partial charge in [-0.05, 0) is 143 Å². The number of aromatic hydroxyl groups is 2. The average molecular weight is 854 g/mol. The van der Waals surface area contributed by atoms with Crippen LogP contribution in [0.4, 0.5) is 0 Å². The van der Waals surface area contributed by atoms with Crippen molar-refractivity contribution in [1.29, 1.82) is 0 Å². The fourth-order valence-corrected chi connectivity index (χ4v) is 14.9.